The number of aryl methyl sites for hydroxylation is 1. The summed E-state index contributed by atoms with van der Waals surface area (Å²) in [7, 11) is 2.01. The van der Waals surface area contributed by atoms with E-state index in [-0.39, 0.29) is 18.0 Å². The Balaban J connectivity index is 1.39. The Morgan fingerprint density at radius 3 is 2.62 bits per heavy atom. The van der Waals surface area contributed by atoms with Crippen LogP contribution in [-0.2, 0) is 13.5 Å². The highest BCUT2D eigenvalue weighted by Crippen LogP contribution is 2.45. The quantitative estimate of drug-likeness (QED) is 0.499. The van der Waals surface area contributed by atoms with Gasteiger partial charge >= 0.3 is 0 Å². The predicted molar refractivity (Wildman–Crippen MR) is 120 cm³/mol. The van der Waals surface area contributed by atoms with Crippen LogP contribution in [0.4, 0.5) is 0 Å². The second-order valence-electron chi connectivity index (χ2n) is 8.64. The SMILES string of the molecule is Cn1nc2c(c1-c1ccccc1)CC1CCCC2N1C(=O)c1cccc(-n2cnnc2)c1. The Hall–Kier alpha value is -3.74. The van der Waals surface area contributed by atoms with Gasteiger partial charge in [-0.3, -0.25) is 14.0 Å². The average molecular weight is 425 g/mol. The Kier molecular flexibility index (Phi) is 4.41. The molecule has 32 heavy (non-hydrogen) atoms. The number of piperidine rings is 1. The molecule has 1 amide bonds. The molecule has 0 N–H and O–H groups in total. The van der Waals surface area contributed by atoms with Gasteiger partial charge in [-0.25, -0.2) is 0 Å². The molecule has 2 aliphatic heterocycles. The molecule has 2 bridgehead atoms. The van der Waals surface area contributed by atoms with E-state index in [1.165, 1.54) is 16.8 Å². The molecule has 7 nitrogen and oxygen atoms in total. The Bertz CT molecular complexity index is 1280. The summed E-state index contributed by atoms with van der Waals surface area (Å²) in [5.41, 5.74) is 6.30. The molecule has 4 aromatic rings. The Morgan fingerprint density at radius 2 is 1.81 bits per heavy atom. The molecule has 2 atom stereocenters. The lowest BCUT2D eigenvalue weighted by Crippen LogP contribution is -2.49. The molecule has 0 aliphatic carbocycles. The van der Waals surface area contributed by atoms with Crippen molar-refractivity contribution in [2.24, 2.45) is 7.05 Å². The maximum atomic E-state index is 13.8. The summed E-state index contributed by atoms with van der Waals surface area (Å²) >= 11 is 0. The molecule has 2 aromatic heterocycles. The van der Waals surface area contributed by atoms with Crippen LogP contribution in [0.25, 0.3) is 16.9 Å². The zero-order chi connectivity index (χ0) is 21.7. The van der Waals surface area contributed by atoms with E-state index in [4.69, 9.17) is 5.10 Å². The third-order valence-electron chi connectivity index (χ3n) is 6.77. The van der Waals surface area contributed by atoms with Gasteiger partial charge in [-0.1, -0.05) is 36.4 Å². The van der Waals surface area contributed by atoms with E-state index in [0.717, 1.165) is 37.1 Å². The number of carbonyl (C=O) groups is 1. The molecule has 2 aliphatic rings. The van der Waals surface area contributed by atoms with Gasteiger partial charge in [0, 0.05) is 35.5 Å². The van der Waals surface area contributed by atoms with Crippen molar-refractivity contribution in [3.8, 4) is 16.9 Å². The molecule has 7 heteroatoms. The number of hydrogen-bond acceptors (Lipinski definition) is 4. The molecule has 2 unspecified atom stereocenters. The first kappa shape index (κ1) is 19.0. The van der Waals surface area contributed by atoms with E-state index in [0.29, 0.717) is 5.56 Å². The van der Waals surface area contributed by atoms with Crippen molar-refractivity contribution in [3.63, 3.8) is 0 Å². The minimum absolute atomic E-state index is 0.0206. The highest BCUT2D eigenvalue weighted by Gasteiger charge is 2.43. The van der Waals surface area contributed by atoms with E-state index in [1.807, 2.05) is 46.6 Å². The molecular formula is C25H24N6O. The van der Waals surface area contributed by atoms with E-state index in [2.05, 4.69) is 39.4 Å². The molecule has 0 radical (unpaired) electrons. The number of aromatic nitrogens is 5. The summed E-state index contributed by atoms with van der Waals surface area (Å²) in [5.74, 6) is 0.0761. The fourth-order valence-electron chi connectivity index (χ4n) is 5.39. The largest absolute Gasteiger partial charge is 0.327 e. The van der Waals surface area contributed by atoms with E-state index < -0.39 is 0 Å². The van der Waals surface area contributed by atoms with Crippen molar-refractivity contribution < 1.29 is 4.79 Å². The topological polar surface area (TPSA) is 68.8 Å². The first-order chi connectivity index (χ1) is 15.7. The van der Waals surface area contributed by atoms with Crippen molar-refractivity contribution in [1.29, 1.82) is 0 Å². The standard InChI is InChI=1S/C25H24N6O/c1-29-24(17-7-3-2-4-8-17)21-14-20-11-6-12-22(23(21)28-29)31(20)25(32)18-9-5-10-19(13-18)30-15-26-27-16-30/h2-5,7-10,13,15-16,20,22H,6,11-12,14H2,1H3. The number of carbonyl (C=O) groups excluding carboxylic acids is 1. The normalized spacial score (nSPS) is 19.6. The van der Waals surface area contributed by atoms with E-state index >= 15 is 0 Å². The van der Waals surface area contributed by atoms with Crippen molar-refractivity contribution >= 4 is 5.91 Å². The Labute approximate surface area is 186 Å². The number of rotatable bonds is 3. The van der Waals surface area contributed by atoms with Crippen LogP contribution in [-0.4, -0.2) is 41.4 Å². The number of hydrogen-bond donors (Lipinski definition) is 0. The van der Waals surface area contributed by atoms with Gasteiger partial charge in [0.05, 0.1) is 17.4 Å². The first-order valence-corrected chi connectivity index (χ1v) is 11.1. The monoisotopic (exact) mass is 424 g/mol. The van der Waals surface area contributed by atoms with Gasteiger partial charge in [0.1, 0.15) is 12.7 Å². The second kappa shape index (κ2) is 7.44. The molecule has 1 fully saturated rings. The fourth-order valence-corrected chi connectivity index (χ4v) is 5.39. The van der Waals surface area contributed by atoms with Gasteiger partial charge in [-0.15, -0.1) is 10.2 Å². The van der Waals surface area contributed by atoms with Crippen molar-refractivity contribution in [2.45, 2.75) is 37.8 Å². The summed E-state index contributed by atoms with van der Waals surface area (Å²) in [6.07, 6.45) is 7.23. The van der Waals surface area contributed by atoms with Crippen LogP contribution in [0.3, 0.4) is 0 Å². The molecule has 160 valence electrons. The second-order valence-corrected chi connectivity index (χ2v) is 8.64. The lowest BCUT2D eigenvalue weighted by atomic mass is 9.81. The smallest absolute Gasteiger partial charge is 0.254 e. The van der Waals surface area contributed by atoms with Gasteiger partial charge in [0.15, 0.2) is 0 Å². The van der Waals surface area contributed by atoms with Gasteiger partial charge in [-0.05, 0) is 43.9 Å². The van der Waals surface area contributed by atoms with Gasteiger partial charge in [0.25, 0.3) is 5.91 Å². The maximum Gasteiger partial charge on any atom is 0.254 e. The summed E-state index contributed by atoms with van der Waals surface area (Å²) in [5, 5.41) is 12.7. The van der Waals surface area contributed by atoms with Crippen LogP contribution in [0.5, 0.6) is 0 Å². The molecule has 6 rings (SSSR count). The average Bonchev–Trinajstić information content (AvgIpc) is 3.47. The predicted octanol–water partition coefficient (Wildman–Crippen LogP) is 3.96. The van der Waals surface area contributed by atoms with Crippen molar-refractivity contribution in [2.75, 3.05) is 0 Å². The maximum absolute atomic E-state index is 13.8. The molecule has 2 aromatic carbocycles. The third kappa shape index (κ3) is 2.96. The number of benzene rings is 2. The van der Waals surface area contributed by atoms with Crippen LogP contribution in [0.15, 0.2) is 67.3 Å². The van der Waals surface area contributed by atoms with Crippen LogP contribution >= 0.6 is 0 Å². The first-order valence-electron chi connectivity index (χ1n) is 11.1. The summed E-state index contributed by atoms with van der Waals surface area (Å²) in [6, 6.07) is 18.4. The number of fused-ring (bicyclic) bond motifs is 4. The summed E-state index contributed by atoms with van der Waals surface area (Å²) in [4.78, 5) is 15.9. The third-order valence-corrected chi connectivity index (χ3v) is 6.77. The lowest BCUT2D eigenvalue weighted by molar-refractivity contribution is 0.0392. The molecule has 0 spiro atoms. The summed E-state index contributed by atoms with van der Waals surface area (Å²) in [6.45, 7) is 0. The van der Waals surface area contributed by atoms with E-state index in [9.17, 15) is 4.79 Å². The van der Waals surface area contributed by atoms with Crippen molar-refractivity contribution in [1.82, 2.24) is 29.4 Å². The van der Waals surface area contributed by atoms with Gasteiger partial charge < -0.3 is 4.90 Å². The van der Waals surface area contributed by atoms with Crippen LogP contribution < -0.4 is 0 Å². The van der Waals surface area contributed by atoms with Crippen LogP contribution in [0.1, 0.15) is 46.9 Å². The fraction of sp³-hybridized carbons (Fsp3) is 0.280. The van der Waals surface area contributed by atoms with Gasteiger partial charge in [0.2, 0.25) is 0 Å². The molecule has 0 saturated carbocycles. The number of amides is 1. The molecule has 4 heterocycles. The van der Waals surface area contributed by atoms with Crippen molar-refractivity contribution in [3.05, 3.63) is 84.1 Å². The zero-order valence-electron chi connectivity index (χ0n) is 17.9. The van der Waals surface area contributed by atoms with Crippen LogP contribution in [0, 0.1) is 0 Å². The highest BCUT2D eigenvalue weighted by molar-refractivity contribution is 5.95. The minimum atomic E-state index is 0.0206. The Morgan fingerprint density at radius 1 is 1.00 bits per heavy atom. The molecular weight excluding hydrogens is 400 g/mol. The number of nitrogens with zero attached hydrogens (tertiary/aromatic N) is 6. The summed E-state index contributed by atoms with van der Waals surface area (Å²) < 4.78 is 3.81. The zero-order valence-corrected chi connectivity index (χ0v) is 17.9. The molecule has 1 saturated heterocycles. The highest BCUT2D eigenvalue weighted by atomic mass is 16.2. The van der Waals surface area contributed by atoms with Crippen LogP contribution in [0.2, 0.25) is 0 Å². The lowest BCUT2D eigenvalue weighted by Gasteiger charge is -2.45. The minimum Gasteiger partial charge on any atom is -0.327 e. The van der Waals surface area contributed by atoms with E-state index in [1.54, 1.807) is 12.7 Å². The van der Waals surface area contributed by atoms with Gasteiger partial charge in [-0.2, -0.15) is 5.10 Å².